The average Bonchev–Trinajstić information content (AvgIpc) is 2.34. The molecule has 0 fully saturated rings. The molecule has 1 aromatic heterocycles. The van der Waals surface area contributed by atoms with Gasteiger partial charge in [-0.25, -0.2) is 23.5 Å². The van der Waals surface area contributed by atoms with Crippen molar-refractivity contribution in [2.24, 2.45) is 0 Å². The first kappa shape index (κ1) is 12.9. The second-order valence-electron chi connectivity index (χ2n) is 3.72. The maximum absolute atomic E-state index is 13.4. The van der Waals surface area contributed by atoms with Crippen LogP contribution >= 0.6 is 0 Å². The van der Waals surface area contributed by atoms with Gasteiger partial charge in [0.1, 0.15) is 0 Å². The summed E-state index contributed by atoms with van der Waals surface area (Å²) in [6.07, 6.45) is 1.10. The molecular weight excluding hydrogens is 256 g/mol. The smallest absolute Gasteiger partial charge is 0.339 e. The molecule has 1 aromatic carbocycles. The molecule has 0 radical (unpaired) electrons. The highest BCUT2D eigenvalue weighted by atomic mass is 19.2. The van der Waals surface area contributed by atoms with Gasteiger partial charge in [-0.05, 0) is 19.1 Å². The number of aryl methyl sites for hydroxylation is 1. The van der Waals surface area contributed by atoms with Crippen LogP contribution in [0.1, 0.15) is 16.1 Å². The van der Waals surface area contributed by atoms with Crippen LogP contribution in [0.15, 0.2) is 24.4 Å². The lowest BCUT2D eigenvalue weighted by molar-refractivity contribution is 0.0695. The third-order valence-corrected chi connectivity index (χ3v) is 2.41. The van der Waals surface area contributed by atoms with Crippen molar-refractivity contribution < 1.29 is 18.7 Å². The van der Waals surface area contributed by atoms with E-state index < -0.39 is 17.6 Å². The van der Waals surface area contributed by atoms with E-state index in [0.717, 1.165) is 12.3 Å². The molecule has 0 saturated carbocycles. The Balaban J connectivity index is 2.32. The Bertz CT molecular complexity index is 647. The fourth-order valence-electron chi connectivity index (χ4n) is 1.46. The highest BCUT2D eigenvalue weighted by Crippen LogP contribution is 2.20. The molecule has 7 heteroatoms. The van der Waals surface area contributed by atoms with Gasteiger partial charge in [0.05, 0.1) is 16.9 Å². The third kappa shape index (κ3) is 2.65. The molecule has 98 valence electrons. The van der Waals surface area contributed by atoms with Crippen LogP contribution in [0.3, 0.4) is 0 Å². The van der Waals surface area contributed by atoms with Crippen LogP contribution in [0.2, 0.25) is 0 Å². The van der Waals surface area contributed by atoms with E-state index in [9.17, 15) is 13.6 Å². The Hall–Kier alpha value is -2.57. The zero-order valence-electron chi connectivity index (χ0n) is 9.82. The summed E-state index contributed by atoms with van der Waals surface area (Å²) < 4.78 is 26.4. The van der Waals surface area contributed by atoms with E-state index in [0.29, 0.717) is 0 Å². The predicted octanol–water partition coefficient (Wildman–Crippen LogP) is 2.51. The summed E-state index contributed by atoms with van der Waals surface area (Å²) >= 11 is 0. The van der Waals surface area contributed by atoms with Crippen molar-refractivity contribution in [1.82, 2.24) is 9.97 Å². The van der Waals surface area contributed by atoms with Gasteiger partial charge >= 0.3 is 5.97 Å². The van der Waals surface area contributed by atoms with E-state index in [2.05, 4.69) is 15.3 Å². The largest absolute Gasteiger partial charge is 0.478 e. The summed E-state index contributed by atoms with van der Waals surface area (Å²) in [5, 5.41) is 11.3. The zero-order valence-corrected chi connectivity index (χ0v) is 9.82. The van der Waals surface area contributed by atoms with Gasteiger partial charge < -0.3 is 10.4 Å². The number of carbonyl (C=O) groups is 1. The number of aromatic nitrogens is 2. The first-order valence-corrected chi connectivity index (χ1v) is 5.27. The number of carboxylic acid groups (broad SMARTS) is 1. The number of anilines is 2. The number of nitrogens with zero attached hydrogens (tertiary/aromatic N) is 2. The highest BCUT2D eigenvalue weighted by molar-refractivity contribution is 5.88. The van der Waals surface area contributed by atoms with Gasteiger partial charge in [-0.15, -0.1) is 0 Å². The summed E-state index contributed by atoms with van der Waals surface area (Å²) in [6.45, 7) is 1.48. The molecule has 0 atom stereocenters. The molecule has 2 rings (SSSR count). The minimum atomic E-state index is -1.15. The van der Waals surface area contributed by atoms with Gasteiger partial charge in [0, 0.05) is 6.20 Å². The Morgan fingerprint density at radius 1 is 1.37 bits per heavy atom. The lowest BCUT2D eigenvalue weighted by atomic mass is 10.2. The Morgan fingerprint density at radius 3 is 2.74 bits per heavy atom. The highest BCUT2D eigenvalue weighted by Gasteiger charge is 2.12. The number of hydrogen-bond donors (Lipinski definition) is 2. The lowest BCUT2D eigenvalue weighted by Crippen LogP contribution is -2.06. The number of carboxylic acids is 1. The minimum absolute atomic E-state index is 0.00741. The van der Waals surface area contributed by atoms with Gasteiger partial charge in [-0.1, -0.05) is 6.07 Å². The van der Waals surface area contributed by atoms with E-state index in [1.54, 1.807) is 0 Å². The molecule has 1 heterocycles. The second-order valence-corrected chi connectivity index (χ2v) is 3.72. The van der Waals surface area contributed by atoms with Crippen LogP contribution in [0, 0.1) is 18.6 Å². The van der Waals surface area contributed by atoms with Crippen molar-refractivity contribution in [2.75, 3.05) is 5.32 Å². The Labute approximate surface area is 106 Å². The maximum atomic E-state index is 13.4. The van der Waals surface area contributed by atoms with Crippen molar-refractivity contribution in [1.29, 1.82) is 0 Å². The number of rotatable bonds is 3. The first-order valence-electron chi connectivity index (χ1n) is 5.27. The summed E-state index contributed by atoms with van der Waals surface area (Å²) in [5.74, 6) is -3.21. The van der Waals surface area contributed by atoms with E-state index in [-0.39, 0.29) is 22.9 Å². The summed E-state index contributed by atoms with van der Waals surface area (Å²) in [6, 6.07) is 3.64. The van der Waals surface area contributed by atoms with Crippen LogP contribution in [-0.4, -0.2) is 21.0 Å². The number of aromatic carboxylic acids is 1. The monoisotopic (exact) mass is 265 g/mol. The van der Waals surface area contributed by atoms with Crippen LogP contribution in [0.25, 0.3) is 0 Å². The lowest BCUT2D eigenvalue weighted by Gasteiger charge is -2.07. The molecule has 0 unspecified atom stereocenters. The topological polar surface area (TPSA) is 75.1 Å². The first-order chi connectivity index (χ1) is 8.99. The van der Waals surface area contributed by atoms with Crippen LogP contribution in [0.5, 0.6) is 0 Å². The number of hydrogen-bond acceptors (Lipinski definition) is 4. The molecule has 0 aliphatic heterocycles. The van der Waals surface area contributed by atoms with Gasteiger partial charge in [-0.2, -0.15) is 0 Å². The maximum Gasteiger partial charge on any atom is 0.339 e. The molecule has 0 saturated heterocycles. The second kappa shape index (κ2) is 4.97. The van der Waals surface area contributed by atoms with E-state index >= 15 is 0 Å². The van der Waals surface area contributed by atoms with Crippen LogP contribution in [0.4, 0.5) is 20.4 Å². The van der Waals surface area contributed by atoms with Crippen molar-refractivity contribution >= 4 is 17.6 Å². The van der Waals surface area contributed by atoms with Crippen molar-refractivity contribution in [3.8, 4) is 0 Å². The predicted molar refractivity (Wildman–Crippen MR) is 63.4 cm³/mol. The SMILES string of the molecule is Cc1nc(Nc2cccc(F)c2F)ncc1C(=O)O. The normalized spacial score (nSPS) is 10.3. The minimum Gasteiger partial charge on any atom is -0.478 e. The fourth-order valence-corrected chi connectivity index (χ4v) is 1.46. The summed E-state index contributed by atoms with van der Waals surface area (Å²) in [7, 11) is 0. The molecule has 5 nitrogen and oxygen atoms in total. The summed E-state index contributed by atoms with van der Waals surface area (Å²) in [4.78, 5) is 18.4. The van der Waals surface area contributed by atoms with Crippen LogP contribution < -0.4 is 5.32 Å². The van der Waals surface area contributed by atoms with Crippen molar-refractivity contribution in [3.63, 3.8) is 0 Å². The molecule has 0 aliphatic carbocycles. The molecule has 0 bridgehead atoms. The fraction of sp³-hybridized carbons (Fsp3) is 0.0833. The number of nitrogens with one attached hydrogen (secondary N) is 1. The quantitative estimate of drug-likeness (QED) is 0.891. The molecule has 19 heavy (non-hydrogen) atoms. The van der Waals surface area contributed by atoms with Gasteiger partial charge in [0.2, 0.25) is 5.95 Å². The number of halogens is 2. The summed E-state index contributed by atoms with van der Waals surface area (Å²) in [5.41, 5.74) is 0.0505. The molecular formula is C12H9F2N3O2. The molecule has 0 amide bonds. The van der Waals surface area contributed by atoms with Crippen LogP contribution in [-0.2, 0) is 0 Å². The number of benzene rings is 1. The van der Waals surface area contributed by atoms with E-state index in [1.807, 2.05) is 0 Å². The average molecular weight is 265 g/mol. The Morgan fingerprint density at radius 2 is 2.11 bits per heavy atom. The molecule has 2 N–H and O–H groups in total. The Kier molecular flexibility index (Phi) is 3.37. The zero-order chi connectivity index (χ0) is 14.0. The molecule has 0 spiro atoms. The van der Waals surface area contributed by atoms with E-state index in [1.165, 1.54) is 19.1 Å². The third-order valence-electron chi connectivity index (χ3n) is 2.41. The van der Waals surface area contributed by atoms with Gasteiger partial charge in [0.15, 0.2) is 11.6 Å². The van der Waals surface area contributed by atoms with Gasteiger partial charge in [-0.3, -0.25) is 0 Å². The van der Waals surface area contributed by atoms with Crippen molar-refractivity contribution in [3.05, 3.63) is 47.3 Å². The molecule has 2 aromatic rings. The standard InChI is InChI=1S/C12H9F2N3O2/c1-6-7(11(18)19)5-15-12(16-6)17-9-4-2-3-8(13)10(9)14/h2-5H,1H3,(H,18,19)(H,15,16,17). The molecule has 0 aliphatic rings. The van der Waals surface area contributed by atoms with Gasteiger partial charge in [0.25, 0.3) is 0 Å². The van der Waals surface area contributed by atoms with E-state index in [4.69, 9.17) is 5.11 Å². The van der Waals surface area contributed by atoms with Crippen molar-refractivity contribution in [2.45, 2.75) is 6.92 Å².